The topological polar surface area (TPSA) is 96.0 Å². The molecule has 0 aromatic heterocycles. The first-order chi connectivity index (χ1) is 22.2. The highest BCUT2D eigenvalue weighted by Crippen LogP contribution is 2.27. The minimum Gasteiger partial charge on any atom is -0.497 e. The summed E-state index contributed by atoms with van der Waals surface area (Å²) in [5, 5.41) is 3.20. The number of methoxy groups -OCH3 is 1. The van der Waals surface area contributed by atoms with E-state index >= 15 is 0 Å². The summed E-state index contributed by atoms with van der Waals surface area (Å²) in [4.78, 5) is 30.2. The van der Waals surface area contributed by atoms with Crippen molar-refractivity contribution in [3.05, 3.63) is 126 Å². The molecular formula is C37H41N3O5S. The molecule has 0 saturated heterocycles. The molecule has 4 aromatic rings. The number of aryl methyl sites for hydroxylation is 1. The van der Waals surface area contributed by atoms with Crippen molar-refractivity contribution in [1.82, 2.24) is 10.2 Å². The van der Waals surface area contributed by atoms with Gasteiger partial charge in [-0.2, -0.15) is 0 Å². The largest absolute Gasteiger partial charge is 0.497 e. The van der Waals surface area contributed by atoms with Crippen molar-refractivity contribution in [2.45, 2.75) is 62.6 Å². The van der Waals surface area contributed by atoms with Gasteiger partial charge in [-0.05, 0) is 67.3 Å². The quantitative estimate of drug-likeness (QED) is 0.197. The monoisotopic (exact) mass is 639 g/mol. The van der Waals surface area contributed by atoms with E-state index in [1.165, 1.54) is 24.1 Å². The van der Waals surface area contributed by atoms with Crippen LogP contribution in [0.4, 0.5) is 5.69 Å². The molecule has 1 N–H and O–H groups in total. The van der Waals surface area contributed by atoms with Crippen LogP contribution < -0.4 is 14.4 Å². The van der Waals surface area contributed by atoms with Crippen molar-refractivity contribution in [3.63, 3.8) is 0 Å². The van der Waals surface area contributed by atoms with E-state index in [0.717, 1.165) is 46.7 Å². The van der Waals surface area contributed by atoms with Gasteiger partial charge in [0, 0.05) is 19.0 Å². The second-order valence-electron chi connectivity index (χ2n) is 11.7. The molecule has 1 fully saturated rings. The number of carbonyl (C=O) groups is 2. The number of nitrogens with zero attached hydrogens (tertiary/aromatic N) is 2. The van der Waals surface area contributed by atoms with E-state index in [1.807, 2.05) is 79.7 Å². The molecule has 5 rings (SSSR count). The van der Waals surface area contributed by atoms with Crippen LogP contribution in [0.2, 0.25) is 0 Å². The highest BCUT2D eigenvalue weighted by Gasteiger charge is 2.35. The van der Waals surface area contributed by atoms with E-state index in [0.29, 0.717) is 11.4 Å². The summed E-state index contributed by atoms with van der Waals surface area (Å²) in [5.74, 6) is -0.202. The lowest BCUT2D eigenvalue weighted by atomic mass is 10.0. The summed E-state index contributed by atoms with van der Waals surface area (Å²) in [5.41, 5.74) is 3.04. The molecule has 0 spiro atoms. The van der Waals surface area contributed by atoms with Crippen LogP contribution in [0.15, 0.2) is 114 Å². The number of ether oxygens (including phenoxy) is 1. The second-order valence-corrected chi connectivity index (χ2v) is 13.6. The Morgan fingerprint density at radius 2 is 1.41 bits per heavy atom. The van der Waals surface area contributed by atoms with Crippen molar-refractivity contribution < 1.29 is 22.7 Å². The first kappa shape index (κ1) is 32.8. The van der Waals surface area contributed by atoms with Crippen molar-refractivity contribution in [2.24, 2.45) is 0 Å². The predicted octanol–water partition coefficient (Wildman–Crippen LogP) is 5.90. The highest BCUT2D eigenvalue weighted by molar-refractivity contribution is 7.92. The molecule has 0 bridgehead atoms. The third-order valence-electron chi connectivity index (χ3n) is 8.42. The van der Waals surface area contributed by atoms with Crippen LogP contribution in [-0.4, -0.2) is 50.9 Å². The Bertz CT molecular complexity index is 1690. The van der Waals surface area contributed by atoms with Gasteiger partial charge < -0.3 is 15.0 Å². The number of anilines is 1. The molecule has 8 nitrogen and oxygen atoms in total. The first-order valence-corrected chi connectivity index (χ1v) is 17.1. The van der Waals surface area contributed by atoms with E-state index in [1.54, 1.807) is 24.3 Å². The lowest BCUT2D eigenvalue weighted by molar-refractivity contribution is -0.140. The van der Waals surface area contributed by atoms with Gasteiger partial charge in [0.1, 0.15) is 18.3 Å². The maximum absolute atomic E-state index is 14.6. The van der Waals surface area contributed by atoms with Crippen LogP contribution >= 0.6 is 0 Å². The summed E-state index contributed by atoms with van der Waals surface area (Å²) < 4.78 is 34.7. The molecule has 0 radical (unpaired) electrons. The van der Waals surface area contributed by atoms with Crippen LogP contribution in [0.3, 0.4) is 0 Å². The molecule has 1 unspecified atom stereocenters. The molecule has 1 atom stereocenters. The molecule has 4 aromatic carbocycles. The Labute approximate surface area is 272 Å². The first-order valence-electron chi connectivity index (χ1n) is 15.7. The van der Waals surface area contributed by atoms with Gasteiger partial charge in [-0.1, -0.05) is 91.2 Å². The normalized spacial score (nSPS) is 14.0. The number of hydrogen-bond donors (Lipinski definition) is 1. The molecule has 0 aliphatic heterocycles. The highest BCUT2D eigenvalue weighted by atomic mass is 32.2. The van der Waals surface area contributed by atoms with Crippen molar-refractivity contribution in [1.29, 1.82) is 0 Å². The van der Waals surface area contributed by atoms with Gasteiger partial charge in [0.25, 0.3) is 10.0 Å². The number of nitrogens with one attached hydrogen (secondary N) is 1. The molecule has 2 amide bonds. The number of amides is 2. The van der Waals surface area contributed by atoms with Crippen LogP contribution in [0, 0.1) is 6.92 Å². The van der Waals surface area contributed by atoms with E-state index in [9.17, 15) is 18.0 Å². The minimum atomic E-state index is -4.19. The van der Waals surface area contributed by atoms with E-state index < -0.39 is 28.5 Å². The Hall–Kier alpha value is -4.63. The average molecular weight is 640 g/mol. The van der Waals surface area contributed by atoms with Gasteiger partial charge in [0.15, 0.2) is 0 Å². The molecule has 240 valence electrons. The second kappa shape index (κ2) is 15.1. The molecule has 1 saturated carbocycles. The zero-order chi connectivity index (χ0) is 32.5. The van der Waals surface area contributed by atoms with E-state index in [-0.39, 0.29) is 29.8 Å². The average Bonchev–Trinajstić information content (AvgIpc) is 3.59. The number of sulfonamides is 1. The summed E-state index contributed by atoms with van der Waals surface area (Å²) in [7, 11) is -2.68. The zero-order valence-electron chi connectivity index (χ0n) is 26.3. The maximum Gasteiger partial charge on any atom is 0.264 e. The van der Waals surface area contributed by atoms with Crippen LogP contribution in [0.25, 0.3) is 0 Å². The Kier molecular flexibility index (Phi) is 10.8. The van der Waals surface area contributed by atoms with Gasteiger partial charge in [0.05, 0.1) is 17.7 Å². The third kappa shape index (κ3) is 8.14. The lowest BCUT2D eigenvalue weighted by Gasteiger charge is -2.34. The van der Waals surface area contributed by atoms with Crippen molar-refractivity contribution in [3.8, 4) is 5.75 Å². The van der Waals surface area contributed by atoms with Gasteiger partial charge in [0.2, 0.25) is 11.8 Å². The minimum absolute atomic E-state index is 0.0242. The Morgan fingerprint density at radius 3 is 2.00 bits per heavy atom. The van der Waals surface area contributed by atoms with E-state index in [4.69, 9.17) is 4.74 Å². The van der Waals surface area contributed by atoms with Crippen molar-refractivity contribution >= 4 is 27.5 Å². The summed E-state index contributed by atoms with van der Waals surface area (Å²) >= 11 is 0. The van der Waals surface area contributed by atoms with Gasteiger partial charge in [-0.25, -0.2) is 8.42 Å². The van der Waals surface area contributed by atoms with Crippen LogP contribution in [-0.2, 0) is 32.6 Å². The number of carbonyl (C=O) groups excluding carboxylic acids is 2. The molecule has 1 aliphatic rings. The molecule has 9 heteroatoms. The maximum atomic E-state index is 14.6. The standard InChI is InChI=1S/C37H41N3O5S/c1-28-17-19-32(20-18-28)40(46(43,44)34-23-21-33(45-2)22-24-34)27-36(41)39(26-30-13-7-4-8-14-30)35(25-29-11-5-3-6-12-29)37(42)38-31-15-9-10-16-31/h3-8,11-14,17-24,31,35H,9-10,15-16,25-27H2,1-2H3,(H,38,42). The number of hydrogen-bond acceptors (Lipinski definition) is 5. The number of benzene rings is 4. The fourth-order valence-corrected chi connectivity index (χ4v) is 7.23. The molecule has 1 aliphatic carbocycles. The summed E-state index contributed by atoms with van der Waals surface area (Å²) in [6.45, 7) is 1.56. The summed E-state index contributed by atoms with van der Waals surface area (Å²) in [6, 6.07) is 31.4. The zero-order valence-corrected chi connectivity index (χ0v) is 27.2. The van der Waals surface area contributed by atoms with E-state index in [2.05, 4.69) is 5.32 Å². The fourth-order valence-electron chi connectivity index (χ4n) is 5.82. The Balaban J connectivity index is 1.54. The smallest absolute Gasteiger partial charge is 0.264 e. The van der Waals surface area contributed by atoms with Crippen LogP contribution in [0.5, 0.6) is 5.75 Å². The van der Waals surface area contributed by atoms with Crippen LogP contribution in [0.1, 0.15) is 42.4 Å². The Morgan fingerprint density at radius 1 is 0.826 bits per heavy atom. The third-order valence-corrected chi connectivity index (χ3v) is 10.2. The van der Waals surface area contributed by atoms with Crippen molar-refractivity contribution in [2.75, 3.05) is 18.0 Å². The molecular weight excluding hydrogens is 598 g/mol. The molecule has 0 heterocycles. The number of rotatable bonds is 13. The fraction of sp³-hybridized carbons (Fsp3) is 0.297. The summed E-state index contributed by atoms with van der Waals surface area (Å²) in [6.07, 6.45) is 4.19. The molecule has 46 heavy (non-hydrogen) atoms. The van der Waals surface area contributed by atoms with Gasteiger partial charge in [-0.15, -0.1) is 0 Å². The van der Waals surface area contributed by atoms with Gasteiger partial charge in [-0.3, -0.25) is 13.9 Å². The lowest BCUT2D eigenvalue weighted by Crippen LogP contribution is -2.54. The SMILES string of the molecule is COc1ccc(S(=O)(=O)N(CC(=O)N(Cc2ccccc2)C(Cc2ccccc2)C(=O)NC2CCCC2)c2ccc(C)cc2)cc1. The van der Waals surface area contributed by atoms with Gasteiger partial charge >= 0.3 is 0 Å². The predicted molar refractivity (Wildman–Crippen MR) is 180 cm³/mol.